The largest absolute Gasteiger partial charge is 0.369 e. The van der Waals surface area contributed by atoms with Crippen molar-refractivity contribution in [3.63, 3.8) is 0 Å². The van der Waals surface area contributed by atoms with Crippen molar-refractivity contribution in [2.45, 2.75) is 38.7 Å². The minimum atomic E-state index is -0.342. The van der Waals surface area contributed by atoms with Crippen LogP contribution in [-0.4, -0.2) is 38.3 Å². The van der Waals surface area contributed by atoms with Gasteiger partial charge in [-0.3, -0.25) is 4.57 Å². The molecule has 8 heteroatoms. The zero-order valence-corrected chi connectivity index (χ0v) is 13.9. The van der Waals surface area contributed by atoms with Crippen molar-refractivity contribution in [2.24, 2.45) is 5.92 Å². The molecule has 7 nitrogen and oxygen atoms in total. The second-order valence-corrected chi connectivity index (χ2v) is 5.97. The summed E-state index contributed by atoms with van der Waals surface area (Å²) in [5.74, 6) is 0.336. The quantitative estimate of drug-likeness (QED) is 0.666. The highest BCUT2D eigenvalue weighted by molar-refractivity contribution is 6.33. The molecule has 1 aliphatic rings. The Kier molecular flexibility index (Phi) is 4.52. The van der Waals surface area contributed by atoms with Gasteiger partial charge in [-0.05, 0) is 6.42 Å². The Hall–Kier alpha value is -1.70. The number of aromatic nitrogens is 4. The van der Waals surface area contributed by atoms with Crippen LogP contribution < -0.4 is 5.73 Å². The number of hydrogen-bond donors (Lipinski definition) is 1. The lowest BCUT2D eigenvalue weighted by Crippen LogP contribution is -2.28. The van der Waals surface area contributed by atoms with Crippen LogP contribution in [0.3, 0.4) is 0 Å². The summed E-state index contributed by atoms with van der Waals surface area (Å²) in [6, 6.07) is 0. The molecule has 0 radical (unpaired) electrons. The van der Waals surface area contributed by atoms with E-state index in [0.717, 1.165) is 6.42 Å². The van der Waals surface area contributed by atoms with Gasteiger partial charge in [-0.25, -0.2) is 4.98 Å². The summed E-state index contributed by atoms with van der Waals surface area (Å²) in [6.07, 6.45) is 3.89. The van der Waals surface area contributed by atoms with Crippen LogP contribution in [0.4, 0.5) is 5.95 Å². The van der Waals surface area contributed by atoms with Gasteiger partial charge in [0, 0.05) is 5.92 Å². The zero-order valence-electron chi connectivity index (χ0n) is 13.1. The molecular formula is C15H20ClN5O2. The number of fused-ring (bicyclic) bond motifs is 1. The van der Waals surface area contributed by atoms with Crippen LogP contribution in [0.5, 0.6) is 0 Å². The molecule has 2 aromatic rings. The summed E-state index contributed by atoms with van der Waals surface area (Å²) in [6.45, 7) is 8.38. The second kappa shape index (κ2) is 6.43. The van der Waals surface area contributed by atoms with Gasteiger partial charge in [0.25, 0.3) is 0 Å². The van der Waals surface area contributed by atoms with Crippen molar-refractivity contribution in [1.29, 1.82) is 0 Å². The number of rotatable bonds is 5. The molecule has 2 aromatic heterocycles. The molecule has 0 bridgehead atoms. The molecule has 23 heavy (non-hydrogen) atoms. The van der Waals surface area contributed by atoms with E-state index in [2.05, 4.69) is 35.4 Å². The Morgan fingerprint density at radius 2 is 2.30 bits per heavy atom. The number of ether oxygens (including phenoxy) is 2. The molecule has 0 unspecified atom stereocenters. The zero-order chi connectivity index (χ0) is 16.6. The summed E-state index contributed by atoms with van der Waals surface area (Å²) in [7, 11) is 0. The monoisotopic (exact) mass is 337 g/mol. The fourth-order valence-corrected chi connectivity index (χ4v) is 3.26. The van der Waals surface area contributed by atoms with E-state index in [1.165, 1.54) is 0 Å². The fraction of sp³-hybridized carbons (Fsp3) is 0.533. The summed E-state index contributed by atoms with van der Waals surface area (Å²) in [5.41, 5.74) is 6.76. The molecular weight excluding hydrogens is 318 g/mol. The highest BCUT2D eigenvalue weighted by atomic mass is 35.5. The SMILES string of the molecule is C=CCO[C@@H]1[C@H](C)[C@@H](CC)O[C@H]1n1cnc2c(Cl)nc(N)nc21. The van der Waals surface area contributed by atoms with Gasteiger partial charge in [0.15, 0.2) is 17.0 Å². The first-order chi connectivity index (χ1) is 11.1. The van der Waals surface area contributed by atoms with E-state index >= 15 is 0 Å². The summed E-state index contributed by atoms with van der Waals surface area (Å²) in [5, 5.41) is 0.230. The van der Waals surface area contributed by atoms with Crippen LogP contribution in [0, 0.1) is 5.92 Å². The Morgan fingerprint density at radius 3 is 3.00 bits per heavy atom. The Bertz CT molecular complexity index is 719. The maximum Gasteiger partial charge on any atom is 0.223 e. The van der Waals surface area contributed by atoms with Gasteiger partial charge in [0.05, 0.1) is 19.0 Å². The molecule has 4 atom stereocenters. The molecule has 1 fully saturated rings. The lowest BCUT2D eigenvalue weighted by Gasteiger charge is -2.22. The van der Waals surface area contributed by atoms with Crippen LogP contribution >= 0.6 is 11.6 Å². The Morgan fingerprint density at radius 1 is 1.52 bits per heavy atom. The molecule has 0 saturated carbocycles. The van der Waals surface area contributed by atoms with E-state index in [0.29, 0.717) is 17.8 Å². The van der Waals surface area contributed by atoms with E-state index in [4.69, 9.17) is 26.8 Å². The topological polar surface area (TPSA) is 88.1 Å². The fourth-order valence-electron chi connectivity index (χ4n) is 3.04. The number of halogens is 1. The summed E-state index contributed by atoms with van der Waals surface area (Å²) < 4.78 is 13.9. The van der Waals surface area contributed by atoms with Gasteiger partial charge in [0.1, 0.15) is 11.6 Å². The van der Waals surface area contributed by atoms with Gasteiger partial charge >= 0.3 is 0 Å². The number of imidazole rings is 1. The van der Waals surface area contributed by atoms with E-state index in [1.54, 1.807) is 12.4 Å². The maximum absolute atomic E-state index is 6.18. The van der Waals surface area contributed by atoms with Crippen LogP contribution in [0.15, 0.2) is 19.0 Å². The van der Waals surface area contributed by atoms with Crippen LogP contribution in [-0.2, 0) is 9.47 Å². The van der Waals surface area contributed by atoms with Crippen LogP contribution in [0.25, 0.3) is 11.2 Å². The number of nitrogen functional groups attached to an aromatic ring is 1. The summed E-state index contributed by atoms with van der Waals surface area (Å²) in [4.78, 5) is 12.5. The first kappa shape index (κ1) is 16.2. The van der Waals surface area contributed by atoms with Crippen LogP contribution in [0.2, 0.25) is 5.15 Å². The van der Waals surface area contributed by atoms with Crippen molar-refractivity contribution in [1.82, 2.24) is 19.5 Å². The average Bonchev–Trinajstić information content (AvgIpc) is 3.06. The normalized spacial score (nSPS) is 27.6. The smallest absolute Gasteiger partial charge is 0.223 e. The van der Waals surface area contributed by atoms with Gasteiger partial charge in [-0.2, -0.15) is 9.97 Å². The van der Waals surface area contributed by atoms with E-state index in [9.17, 15) is 0 Å². The minimum Gasteiger partial charge on any atom is -0.369 e. The molecule has 0 spiro atoms. The van der Waals surface area contributed by atoms with Gasteiger partial charge in [-0.1, -0.05) is 31.5 Å². The average molecular weight is 338 g/mol. The molecule has 124 valence electrons. The third-order valence-electron chi connectivity index (χ3n) is 4.18. The molecule has 0 amide bonds. The minimum absolute atomic E-state index is 0.0990. The van der Waals surface area contributed by atoms with E-state index < -0.39 is 0 Å². The molecule has 3 heterocycles. The molecule has 1 saturated heterocycles. The van der Waals surface area contributed by atoms with E-state index in [-0.39, 0.29) is 35.5 Å². The Balaban J connectivity index is 2.03. The second-order valence-electron chi connectivity index (χ2n) is 5.62. The van der Waals surface area contributed by atoms with Crippen molar-refractivity contribution in [2.75, 3.05) is 12.3 Å². The molecule has 1 aliphatic heterocycles. The molecule has 0 aromatic carbocycles. The predicted molar refractivity (Wildman–Crippen MR) is 88.0 cm³/mol. The highest BCUT2D eigenvalue weighted by Crippen LogP contribution is 2.38. The standard InChI is InChI=1S/C15H20ClN5O2/c1-4-6-22-11-8(3)9(5-2)23-14(11)21-7-18-10-12(16)19-15(17)20-13(10)21/h4,7-9,11,14H,1,5-6H2,2-3H3,(H2,17,19,20)/t8-,9-,11-,14-/m1/s1. The number of hydrogen-bond acceptors (Lipinski definition) is 6. The number of anilines is 1. The van der Waals surface area contributed by atoms with E-state index in [1.807, 2.05) is 4.57 Å². The third-order valence-corrected chi connectivity index (χ3v) is 4.44. The van der Waals surface area contributed by atoms with Crippen molar-refractivity contribution >= 4 is 28.7 Å². The molecule has 3 rings (SSSR count). The van der Waals surface area contributed by atoms with Crippen LogP contribution in [0.1, 0.15) is 26.5 Å². The van der Waals surface area contributed by atoms with Crippen molar-refractivity contribution < 1.29 is 9.47 Å². The number of nitrogens with two attached hydrogens (primary N) is 1. The van der Waals surface area contributed by atoms with Gasteiger partial charge in [-0.15, -0.1) is 6.58 Å². The lowest BCUT2D eigenvalue weighted by atomic mass is 9.98. The Labute approximate surface area is 139 Å². The lowest BCUT2D eigenvalue weighted by molar-refractivity contribution is -0.0561. The third kappa shape index (κ3) is 2.80. The molecule has 2 N–H and O–H groups in total. The molecule has 0 aliphatic carbocycles. The predicted octanol–water partition coefficient (Wildman–Crippen LogP) is 2.58. The van der Waals surface area contributed by atoms with Crippen molar-refractivity contribution in [3.05, 3.63) is 24.1 Å². The highest BCUT2D eigenvalue weighted by Gasteiger charge is 2.43. The summed E-state index contributed by atoms with van der Waals surface area (Å²) >= 11 is 6.09. The first-order valence-corrected chi connectivity index (χ1v) is 7.98. The maximum atomic E-state index is 6.18. The first-order valence-electron chi connectivity index (χ1n) is 7.60. The van der Waals surface area contributed by atoms with Gasteiger partial charge in [0.2, 0.25) is 5.95 Å². The number of nitrogens with zero attached hydrogens (tertiary/aromatic N) is 4. The van der Waals surface area contributed by atoms with Crippen molar-refractivity contribution in [3.8, 4) is 0 Å². The van der Waals surface area contributed by atoms with Gasteiger partial charge < -0.3 is 15.2 Å².